The molecule has 1 amide bonds. The standard InChI is InChI=1S/C19H22N2O2/c22-19(12-15-5-4-9-20-13-15)21-18(11-16-8-10-23-14-16)17-6-2-1-3-7-17/h1-7,9,13,16,18H,8,10-12,14H2,(H,21,22)/t16-,18-/m0/s1. The van der Waals surface area contributed by atoms with E-state index in [0.717, 1.165) is 37.2 Å². The molecule has 1 aliphatic rings. The molecule has 23 heavy (non-hydrogen) atoms. The average Bonchev–Trinajstić information content (AvgIpc) is 3.09. The summed E-state index contributed by atoms with van der Waals surface area (Å²) in [5.41, 5.74) is 2.08. The van der Waals surface area contributed by atoms with Gasteiger partial charge in [0.2, 0.25) is 5.91 Å². The summed E-state index contributed by atoms with van der Waals surface area (Å²) in [7, 11) is 0. The van der Waals surface area contributed by atoms with Crippen LogP contribution in [0.15, 0.2) is 54.9 Å². The Hall–Kier alpha value is -2.20. The van der Waals surface area contributed by atoms with Gasteiger partial charge in [-0.2, -0.15) is 0 Å². The molecule has 4 heteroatoms. The second kappa shape index (κ2) is 7.88. The maximum absolute atomic E-state index is 12.4. The largest absolute Gasteiger partial charge is 0.381 e. The molecule has 2 aromatic rings. The van der Waals surface area contributed by atoms with Gasteiger partial charge in [-0.05, 0) is 36.0 Å². The number of hydrogen-bond acceptors (Lipinski definition) is 3. The monoisotopic (exact) mass is 310 g/mol. The molecule has 0 aliphatic carbocycles. The van der Waals surface area contributed by atoms with E-state index >= 15 is 0 Å². The van der Waals surface area contributed by atoms with Gasteiger partial charge >= 0.3 is 0 Å². The zero-order valence-corrected chi connectivity index (χ0v) is 13.2. The fourth-order valence-corrected chi connectivity index (χ4v) is 3.00. The third kappa shape index (κ3) is 4.63. The number of carbonyl (C=O) groups is 1. The van der Waals surface area contributed by atoms with Gasteiger partial charge < -0.3 is 10.1 Å². The predicted molar refractivity (Wildman–Crippen MR) is 88.8 cm³/mol. The molecule has 0 saturated carbocycles. The second-order valence-corrected chi connectivity index (χ2v) is 6.03. The summed E-state index contributed by atoms with van der Waals surface area (Å²) >= 11 is 0. The Kier molecular flexibility index (Phi) is 5.37. The van der Waals surface area contributed by atoms with Crippen molar-refractivity contribution in [3.63, 3.8) is 0 Å². The first-order valence-corrected chi connectivity index (χ1v) is 8.12. The van der Waals surface area contributed by atoms with Crippen LogP contribution in [0.1, 0.15) is 30.0 Å². The highest BCUT2D eigenvalue weighted by atomic mass is 16.5. The Morgan fingerprint density at radius 2 is 2.13 bits per heavy atom. The zero-order valence-electron chi connectivity index (χ0n) is 13.2. The first kappa shape index (κ1) is 15.7. The van der Waals surface area contributed by atoms with E-state index in [4.69, 9.17) is 4.74 Å². The fourth-order valence-electron chi connectivity index (χ4n) is 3.00. The summed E-state index contributed by atoms with van der Waals surface area (Å²) in [5.74, 6) is 0.546. The van der Waals surface area contributed by atoms with E-state index < -0.39 is 0 Å². The molecular formula is C19H22N2O2. The molecule has 1 aromatic heterocycles. The van der Waals surface area contributed by atoms with E-state index in [2.05, 4.69) is 22.4 Å². The zero-order chi connectivity index (χ0) is 15.9. The molecule has 2 atom stereocenters. The number of pyridine rings is 1. The van der Waals surface area contributed by atoms with Gasteiger partial charge in [0, 0.05) is 25.6 Å². The van der Waals surface area contributed by atoms with Crippen LogP contribution in [0.2, 0.25) is 0 Å². The smallest absolute Gasteiger partial charge is 0.224 e. The van der Waals surface area contributed by atoms with Gasteiger partial charge in [0.25, 0.3) is 0 Å². The summed E-state index contributed by atoms with van der Waals surface area (Å²) in [4.78, 5) is 16.5. The molecule has 3 rings (SSSR count). The van der Waals surface area contributed by atoms with Crippen molar-refractivity contribution in [3.8, 4) is 0 Å². The van der Waals surface area contributed by atoms with Crippen molar-refractivity contribution in [3.05, 3.63) is 66.0 Å². The summed E-state index contributed by atoms with van der Waals surface area (Å²) in [6.07, 6.45) is 5.80. The van der Waals surface area contributed by atoms with Crippen LogP contribution in [-0.4, -0.2) is 24.1 Å². The quantitative estimate of drug-likeness (QED) is 0.892. The molecule has 0 radical (unpaired) electrons. The van der Waals surface area contributed by atoms with Crippen molar-refractivity contribution >= 4 is 5.91 Å². The molecule has 1 aromatic carbocycles. The Morgan fingerprint density at radius 3 is 2.83 bits per heavy atom. The van der Waals surface area contributed by atoms with E-state index in [1.807, 2.05) is 30.3 Å². The van der Waals surface area contributed by atoms with E-state index in [-0.39, 0.29) is 11.9 Å². The number of carbonyl (C=O) groups excluding carboxylic acids is 1. The molecule has 1 fully saturated rings. The van der Waals surface area contributed by atoms with Gasteiger partial charge in [0.1, 0.15) is 0 Å². The van der Waals surface area contributed by atoms with Crippen molar-refractivity contribution in [2.45, 2.75) is 25.3 Å². The van der Waals surface area contributed by atoms with E-state index in [1.54, 1.807) is 12.4 Å². The van der Waals surface area contributed by atoms with Gasteiger partial charge in [-0.25, -0.2) is 0 Å². The third-order valence-electron chi connectivity index (χ3n) is 4.22. The minimum atomic E-state index is 0.0331. The number of amides is 1. The lowest BCUT2D eigenvalue weighted by molar-refractivity contribution is -0.121. The van der Waals surface area contributed by atoms with Crippen LogP contribution in [0.4, 0.5) is 0 Å². The van der Waals surface area contributed by atoms with E-state index in [1.165, 1.54) is 0 Å². The van der Waals surface area contributed by atoms with Crippen LogP contribution in [0.25, 0.3) is 0 Å². The number of nitrogens with one attached hydrogen (secondary N) is 1. The molecule has 1 saturated heterocycles. The van der Waals surface area contributed by atoms with Gasteiger partial charge in [-0.3, -0.25) is 9.78 Å². The number of rotatable bonds is 6. The second-order valence-electron chi connectivity index (χ2n) is 6.03. The van der Waals surface area contributed by atoms with Gasteiger partial charge in [0.05, 0.1) is 12.5 Å². The Balaban J connectivity index is 1.66. The van der Waals surface area contributed by atoms with Gasteiger partial charge in [-0.15, -0.1) is 0 Å². The molecule has 1 N–H and O–H groups in total. The number of nitrogens with zero attached hydrogens (tertiary/aromatic N) is 1. The Bertz CT molecular complexity index is 610. The highest BCUT2D eigenvalue weighted by molar-refractivity contribution is 5.78. The maximum atomic E-state index is 12.4. The van der Waals surface area contributed by atoms with Crippen molar-refractivity contribution in [1.82, 2.24) is 10.3 Å². The molecular weight excluding hydrogens is 288 g/mol. The Morgan fingerprint density at radius 1 is 1.26 bits per heavy atom. The summed E-state index contributed by atoms with van der Waals surface area (Å²) in [6.45, 7) is 1.62. The molecule has 2 heterocycles. The van der Waals surface area contributed by atoms with Crippen molar-refractivity contribution in [1.29, 1.82) is 0 Å². The lowest BCUT2D eigenvalue weighted by atomic mass is 9.94. The number of aromatic nitrogens is 1. The molecule has 120 valence electrons. The molecule has 0 bridgehead atoms. The lowest BCUT2D eigenvalue weighted by Crippen LogP contribution is -2.31. The molecule has 0 spiro atoms. The summed E-state index contributed by atoms with van der Waals surface area (Å²) < 4.78 is 5.47. The van der Waals surface area contributed by atoms with Crippen molar-refractivity contribution in [2.24, 2.45) is 5.92 Å². The topological polar surface area (TPSA) is 51.2 Å². The number of hydrogen-bond donors (Lipinski definition) is 1. The molecule has 1 aliphatic heterocycles. The molecule has 0 unspecified atom stereocenters. The van der Waals surface area contributed by atoms with Gasteiger partial charge in [-0.1, -0.05) is 36.4 Å². The predicted octanol–water partition coefficient (Wildman–Crippen LogP) is 2.91. The lowest BCUT2D eigenvalue weighted by Gasteiger charge is -2.22. The normalized spacial score (nSPS) is 18.5. The third-order valence-corrected chi connectivity index (χ3v) is 4.22. The first-order valence-electron chi connectivity index (χ1n) is 8.12. The minimum absolute atomic E-state index is 0.0331. The number of benzene rings is 1. The number of ether oxygens (including phenoxy) is 1. The minimum Gasteiger partial charge on any atom is -0.381 e. The van der Waals surface area contributed by atoms with Crippen LogP contribution in [0, 0.1) is 5.92 Å². The summed E-state index contributed by atoms with van der Waals surface area (Å²) in [5, 5.41) is 3.19. The summed E-state index contributed by atoms with van der Waals surface area (Å²) in [6, 6.07) is 14.0. The highest BCUT2D eigenvalue weighted by Gasteiger charge is 2.23. The Labute approximate surface area is 136 Å². The highest BCUT2D eigenvalue weighted by Crippen LogP contribution is 2.26. The van der Waals surface area contributed by atoms with Crippen LogP contribution in [-0.2, 0) is 16.0 Å². The van der Waals surface area contributed by atoms with Crippen LogP contribution in [0.5, 0.6) is 0 Å². The van der Waals surface area contributed by atoms with Crippen molar-refractivity contribution in [2.75, 3.05) is 13.2 Å². The van der Waals surface area contributed by atoms with Crippen LogP contribution >= 0.6 is 0 Å². The maximum Gasteiger partial charge on any atom is 0.224 e. The molecule has 4 nitrogen and oxygen atoms in total. The first-order chi connectivity index (χ1) is 11.3. The van der Waals surface area contributed by atoms with E-state index in [9.17, 15) is 4.79 Å². The van der Waals surface area contributed by atoms with E-state index in [0.29, 0.717) is 12.3 Å². The van der Waals surface area contributed by atoms with Crippen molar-refractivity contribution < 1.29 is 9.53 Å². The SMILES string of the molecule is O=C(Cc1cccnc1)N[C@@H](C[C@@H]1CCOC1)c1ccccc1. The fraction of sp³-hybridized carbons (Fsp3) is 0.368. The van der Waals surface area contributed by atoms with Crippen LogP contribution < -0.4 is 5.32 Å². The average molecular weight is 310 g/mol. The van der Waals surface area contributed by atoms with Gasteiger partial charge in [0.15, 0.2) is 0 Å². The van der Waals surface area contributed by atoms with Crippen LogP contribution in [0.3, 0.4) is 0 Å².